The third-order valence-corrected chi connectivity index (χ3v) is 5.95. The van der Waals surface area contributed by atoms with Crippen molar-refractivity contribution < 1.29 is 33.0 Å². The lowest BCUT2D eigenvalue weighted by atomic mass is 10.1. The van der Waals surface area contributed by atoms with Crippen LogP contribution in [0.4, 0.5) is 20.6 Å². The number of nitrogens with one attached hydrogen (secondary N) is 1. The monoisotopic (exact) mass is 491 g/mol. The molecule has 3 aromatic rings. The molecule has 0 aliphatic carbocycles. The Balaban J connectivity index is 1.41. The molecule has 3 aromatic carbocycles. The van der Waals surface area contributed by atoms with E-state index in [-0.39, 0.29) is 19.8 Å². The number of nitrogens with zero attached hydrogens (tertiary/aromatic N) is 2. The molecule has 1 atom stereocenters. The van der Waals surface area contributed by atoms with Crippen molar-refractivity contribution in [2.75, 3.05) is 24.1 Å². The predicted molar refractivity (Wildman–Crippen MR) is 127 cm³/mol. The van der Waals surface area contributed by atoms with Crippen LogP contribution >= 0.6 is 0 Å². The topological polar surface area (TPSA) is 97.4 Å². The van der Waals surface area contributed by atoms with Gasteiger partial charge in [0.05, 0.1) is 19.2 Å². The molecule has 1 saturated heterocycles. The maximum absolute atomic E-state index is 13.5. The lowest BCUT2D eigenvalue weighted by Crippen LogP contribution is -2.37. The summed E-state index contributed by atoms with van der Waals surface area (Å²) in [6, 6.07) is 15.4. The smallest absolute Gasteiger partial charge is 0.332 e. The molecule has 2 heterocycles. The summed E-state index contributed by atoms with van der Waals surface area (Å²) < 4.78 is 29.1. The fourth-order valence-electron chi connectivity index (χ4n) is 4.14. The van der Waals surface area contributed by atoms with Gasteiger partial charge in [-0.05, 0) is 66.2 Å². The van der Waals surface area contributed by atoms with E-state index in [0.717, 1.165) is 4.90 Å². The summed E-state index contributed by atoms with van der Waals surface area (Å²) in [5, 5.41) is 2.65. The highest BCUT2D eigenvalue weighted by Gasteiger charge is 2.46. The third kappa shape index (κ3) is 4.52. The number of rotatable bonds is 7. The first kappa shape index (κ1) is 23.2. The van der Waals surface area contributed by atoms with Crippen LogP contribution in [0.25, 0.3) is 0 Å². The first-order chi connectivity index (χ1) is 17.4. The Hall–Kier alpha value is -4.60. The standard InChI is InChI=1S/C26H22FN3O6/c1-34-20-9-7-19(8-10-20)30-25(32)21(13-24(31)28-18-5-3-17(27)4-6-18)29(26(30)33)14-16-2-11-22-23(12-16)36-15-35-22/h2-12,21H,13-15H2,1H3,(H,28,31). The minimum absolute atomic E-state index is 0.0718. The van der Waals surface area contributed by atoms with E-state index in [1.165, 1.54) is 36.3 Å². The number of hydrogen-bond acceptors (Lipinski definition) is 6. The van der Waals surface area contributed by atoms with E-state index in [1.807, 2.05) is 0 Å². The second kappa shape index (κ2) is 9.57. The number of methoxy groups -OCH3 is 1. The van der Waals surface area contributed by atoms with Crippen molar-refractivity contribution in [1.82, 2.24) is 4.90 Å². The van der Waals surface area contributed by atoms with Gasteiger partial charge in [0, 0.05) is 12.2 Å². The van der Waals surface area contributed by atoms with E-state index >= 15 is 0 Å². The lowest BCUT2D eigenvalue weighted by Gasteiger charge is -2.22. The van der Waals surface area contributed by atoms with Crippen LogP contribution in [0.15, 0.2) is 66.7 Å². The molecule has 10 heteroatoms. The van der Waals surface area contributed by atoms with Crippen LogP contribution in [0.2, 0.25) is 0 Å². The van der Waals surface area contributed by atoms with E-state index in [4.69, 9.17) is 14.2 Å². The van der Waals surface area contributed by atoms with E-state index in [0.29, 0.717) is 34.2 Å². The van der Waals surface area contributed by atoms with Crippen molar-refractivity contribution in [3.63, 3.8) is 0 Å². The molecule has 9 nitrogen and oxygen atoms in total. The Labute approximate surface area is 206 Å². The van der Waals surface area contributed by atoms with Gasteiger partial charge in [-0.15, -0.1) is 0 Å². The molecule has 4 amide bonds. The second-order valence-corrected chi connectivity index (χ2v) is 8.24. The highest BCUT2D eigenvalue weighted by atomic mass is 19.1. The summed E-state index contributed by atoms with van der Waals surface area (Å²) in [4.78, 5) is 42.1. The number of halogens is 1. The first-order valence-corrected chi connectivity index (χ1v) is 11.2. The highest BCUT2D eigenvalue weighted by molar-refractivity contribution is 6.22. The number of amides is 4. The van der Waals surface area contributed by atoms with Gasteiger partial charge in [0.1, 0.15) is 17.6 Å². The van der Waals surface area contributed by atoms with Crippen LogP contribution in [0.3, 0.4) is 0 Å². The van der Waals surface area contributed by atoms with E-state index < -0.39 is 29.7 Å². The minimum atomic E-state index is -1.05. The predicted octanol–water partition coefficient (Wildman–Crippen LogP) is 3.93. The normalized spacial score (nSPS) is 16.4. The number of imide groups is 1. The molecular formula is C26H22FN3O6. The Kier molecular flexibility index (Phi) is 6.16. The van der Waals surface area contributed by atoms with Gasteiger partial charge < -0.3 is 24.4 Å². The summed E-state index contributed by atoms with van der Waals surface area (Å²) in [6.07, 6.45) is -0.279. The van der Waals surface area contributed by atoms with Gasteiger partial charge in [0.15, 0.2) is 11.5 Å². The van der Waals surface area contributed by atoms with E-state index in [2.05, 4.69) is 5.32 Å². The van der Waals surface area contributed by atoms with Crippen molar-refractivity contribution in [2.45, 2.75) is 19.0 Å². The van der Waals surface area contributed by atoms with Gasteiger partial charge in [0.2, 0.25) is 12.7 Å². The van der Waals surface area contributed by atoms with Gasteiger partial charge in [-0.1, -0.05) is 6.07 Å². The maximum Gasteiger partial charge on any atom is 0.332 e. The first-order valence-electron chi connectivity index (χ1n) is 11.2. The van der Waals surface area contributed by atoms with E-state index in [9.17, 15) is 18.8 Å². The van der Waals surface area contributed by atoms with Crippen molar-refractivity contribution >= 4 is 29.2 Å². The molecule has 0 bridgehead atoms. The summed E-state index contributed by atoms with van der Waals surface area (Å²) in [5.41, 5.74) is 1.45. The Bertz CT molecular complexity index is 1310. The van der Waals surface area contributed by atoms with Gasteiger partial charge in [-0.3, -0.25) is 9.59 Å². The molecule has 184 valence electrons. The Morgan fingerprint density at radius 1 is 1.03 bits per heavy atom. The molecule has 5 rings (SSSR count). The molecule has 0 spiro atoms. The van der Waals surface area contributed by atoms with Crippen LogP contribution in [-0.4, -0.2) is 42.7 Å². The quantitative estimate of drug-likeness (QED) is 0.503. The number of fused-ring (bicyclic) bond motifs is 1. The second-order valence-electron chi connectivity index (χ2n) is 8.24. The fourth-order valence-corrected chi connectivity index (χ4v) is 4.14. The number of ether oxygens (including phenoxy) is 3. The molecule has 2 aliphatic rings. The SMILES string of the molecule is COc1ccc(N2C(=O)C(CC(=O)Nc3ccc(F)cc3)N(Cc3ccc4c(c3)OCO4)C2=O)cc1. The van der Waals surface area contributed by atoms with Crippen LogP contribution in [0.1, 0.15) is 12.0 Å². The minimum Gasteiger partial charge on any atom is -0.497 e. The Morgan fingerprint density at radius 3 is 2.47 bits per heavy atom. The van der Waals surface area contributed by atoms with Gasteiger partial charge in [-0.2, -0.15) is 0 Å². The highest BCUT2D eigenvalue weighted by Crippen LogP contribution is 2.35. The summed E-state index contributed by atoms with van der Waals surface area (Å²) in [7, 11) is 1.52. The van der Waals surface area contributed by atoms with Crippen LogP contribution in [0, 0.1) is 5.82 Å². The third-order valence-electron chi connectivity index (χ3n) is 5.95. The van der Waals surface area contributed by atoms with Crippen molar-refractivity contribution in [2.24, 2.45) is 0 Å². The molecule has 1 unspecified atom stereocenters. The zero-order valence-electron chi connectivity index (χ0n) is 19.3. The van der Waals surface area contributed by atoms with Crippen molar-refractivity contribution in [1.29, 1.82) is 0 Å². The van der Waals surface area contributed by atoms with Crippen LogP contribution in [-0.2, 0) is 16.1 Å². The number of hydrogen-bond donors (Lipinski definition) is 1. The molecule has 2 aliphatic heterocycles. The molecule has 36 heavy (non-hydrogen) atoms. The van der Waals surface area contributed by atoms with Crippen molar-refractivity contribution in [3.8, 4) is 17.2 Å². The lowest BCUT2D eigenvalue weighted by molar-refractivity contribution is -0.124. The number of benzene rings is 3. The molecule has 0 aromatic heterocycles. The summed E-state index contributed by atoms with van der Waals surface area (Å²) in [6.45, 7) is 0.180. The van der Waals surface area contributed by atoms with Crippen molar-refractivity contribution in [3.05, 3.63) is 78.1 Å². The van der Waals surface area contributed by atoms with Gasteiger partial charge in [-0.25, -0.2) is 14.1 Å². The number of urea groups is 1. The van der Waals surface area contributed by atoms with Gasteiger partial charge in [0.25, 0.3) is 5.91 Å². The zero-order chi connectivity index (χ0) is 25.2. The summed E-state index contributed by atoms with van der Waals surface area (Å²) in [5.74, 6) is 0.265. The van der Waals surface area contributed by atoms with Gasteiger partial charge >= 0.3 is 6.03 Å². The fraction of sp³-hybridized carbons (Fsp3) is 0.192. The molecule has 1 N–H and O–H groups in total. The molecular weight excluding hydrogens is 469 g/mol. The molecule has 0 radical (unpaired) electrons. The number of carbonyl (C=O) groups excluding carboxylic acids is 3. The number of carbonyl (C=O) groups is 3. The van der Waals surface area contributed by atoms with Crippen LogP contribution < -0.4 is 24.4 Å². The average molecular weight is 491 g/mol. The molecule has 1 fully saturated rings. The van der Waals surface area contributed by atoms with E-state index in [1.54, 1.807) is 42.5 Å². The summed E-state index contributed by atoms with van der Waals surface area (Å²) >= 11 is 0. The molecule has 0 saturated carbocycles. The largest absolute Gasteiger partial charge is 0.497 e. The zero-order valence-corrected chi connectivity index (χ0v) is 19.3. The Morgan fingerprint density at radius 2 is 1.75 bits per heavy atom. The number of anilines is 2. The average Bonchev–Trinajstić information content (AvgIpc) is 3.43. The maximum atomic E-state index is 13.5. The van der Waals surface area contributed by atoms with Crippen LogP contribution in [0.5, 0.6) is 17.2 Å².